The van der Waals surface area contributed by atoms with E-state index in [1.165, 1.54) is 82.2 Å². The number of alkyl halides is 2. The van der Waals surface area contributed by atoms with Crippen LogP contribution in [0.3, 0.4) is 0 Å². The van der Waals surface area contributed by atoms with Crippen LogP contribution in [0.2, 0.25) is 4.34 Å². The largest absolute Gasteiger partial charge is 0.491 e. The molecule has 0 amide bonds. The number of allylic oxidation sites excluding steroid dienone is 4. The van der Waals surface area contributed by atoms with Crippen LogP contribution < -0.4 is 11.2 Å². The van der Waals surface area contributed by atoms with Crippen molar-refractivity contribution in [2.45, 2.75) is 88.2 Å². The molecular weight excluding hydrogens is 672 g/mol. The Bertz CT molecular complexity index is 1310. The second-order valence-electron chi connectivity index (χ2n) is 12.3. The fourth-order valence-electron chi connectivity index (χ4n) is 5.89. The normalized spacial score (nSPS) is 23.3. The van der Waals surface area contributed by atoms with Crippen molar-refractivity contribution < 1.29 is 23.1 Å². The van der Waals surface area contributed by atoms with Gasteiger partial charge in [0, 0.05) is 27.7 Å². The molecule has 1 aromatic carbocycles. The first-order valence-electron chi connectivity index (χ1n) is 16.9. The van der Waals surface area contributed by atoms with Gasteiger partial charge in [-0.15, -0.1) is 11.3 Å². The van der Waals surface area contributed by atoms with Crippen LogP contribution in [0.15, 0.2) is 72.5 Å². The Kier molecular flexibility index (Phi) is 17.3. The second kappa shape index (κ2) is 20.6. The molecule has 3 N–H and O–H groups in total. The summed E-state index contributed by atoms with van der Waals surface area (Å²) in [7, 11) is 3.32. The molecule has 1 aliphatic heterocycles. The maximum absolute atomic E-state index is 14.2. The van der Waals surface area contributed by atoms with Crippen LogP contribution in [0.25, 0.3) is 10.4 Å². The number of aldehydes is 1. The van der Waals surface area contributed by atoms with Crippen molar-refractivity contribution in [1.82, 2.24) is 10.4 Å². The second-order valence-corrected chi connectivity index (χ2v) is 14.6. The summed E-state index contributed by atoms with van der Waals surface area (Å²) >= 11 is 11.7. The number of halogens is 3. The smallest absolute Gasteiger partial charge is 0.297 e. The van der Waals surface area contributed by atoms with Gasteiger partial charge in [0.1, 0.15) is 12.0 Å². The van der Waals surface area contributed by atoms with Crippen LogP contribution in [0, 0.1) is 11.8 Å². The van der Waals surface area contributed by atoms with Crippen molar-refractivity contribution in [2.75, 3.05) is 27.2 Å². The number of nitrogens with two attached hydrogens (primary N) is 1. The predicted octanol–water partition coefficient (Wildman–Crippen LogP) is 8.83. The number of piperidine rings is 1. The molecule has 0 spiro atoms. The number of carbonyl (C=O) groups excluding carboxylic acids is 1. The topological polar surface area (TPSA) is 76.8 Å². The molecule has 3 unspecified atom stereocenters. The van der Waals surface area contributed by atoms with Gasteiger partial charge < -0.3 is 25.0 Å². The molecule has 3 aliphatic carbocycles. The summed E-state index contributed by atoms with van der Waals surface area (Å²) in [5, 5.41) is 0.423. The van der Waals surface area contributed by atoms with E-state index in [1.54, 1.807) is 18.2 Å². The van der Waals surface area contributed by atoms with Gasteiger partial charge >= 0.3 is 0 Å². The Balaban J connectivity index is 0.000000206. The highest BCUT2D eigenvalue weighted by Gasteiger charge is 2.41. The van der Waals surface area contributed by atoms with Gasteiger partial charge in [0.05, 0.1) is 17.6 Å². The zero-order valence-electron chi connectivity index (χ0n) is 28.5. The van der Waals surface area contributed by atoms with Gasteiger partial charge in [-0.25, -0.2) is 0 Å². The van der Waals surface area contributed by atoms with Crippen LogP contribution in [0.1, 0.15) is 64.4 Å². The number of hydrogen-bond acceptors (Lipinski definition) is 8. The zero-order chi connectivity index (χ0) is 35.1. The molecule has 6 rings (SSSR count). The van der Waals surface area contributed by atoms with E-state index in [0.717, 1.165) is 22.6 Å². The summed E-state index contributed by atoms with van der Waals surface area (Å²) in [4.78, 5) is 18.4. The van der Waals surface area contributed by atoms with Crippen molar-refractivity contribution in [1.29, 1.82) is 0 Å². The summed E-state index contributed by atoms with van der Waals surface area (Å²) in [6.07, 6.45) is 20.5. The number of nitrogens with zero attached hydrogens (tertiary/aromatic N) is 1. The predicted molar refractivity (Wildman–Crippen MR) is 199 cm³/mol. The summed E-state index contributed by atoms with van der Waals surface area (Å²) in [5.74, 6) is -1.14. The highest BCUT2D eigenvalue weighted by Crippen LogP contribution is 2.36. The van der Waals surface area contributed by atoms with Crippen LogP contribution in [0.5, 0.6) is 0 Å². The van der Waals surface area contributed by atoms with Crippen LogP contribution in [0.4, 0.5) is 8.78 Å². The fraction of sp³-hybridized carbons (Fsp3) is 0.541. The van der Waals surface area contributed by atoms with E-state index in [9.17, 15) is 13.6 Å². The van der Waals surface area contributed by atoms with E-state index in [-0.39, 0.29) is 11.8 Å². The number of likely N-dealkylation sites (tertiary alicyclic amines) is 1. The average molecular weight is 724 g/mol. The highest BCUT2D eigenvalue weighted by molar-refractivity contribution is 7.81. The molecule has 0 bridgehead atoms. The number of thiol groups is 1. The summed E-state index contributed by atoms with van der Waals surface area (Å²) in [5.41, 5.74) is 8.18. The van der Waals surface area contributed by atoms with E-state index in [1.807, 2.05) is 25.4 Å². The molecule has 4 aliphatic rings. The lowest BCUT2D eigenvalue weighted by Gasteiger charge is -2.29. The maximum atomic E-state index is 14.2. The molecule has 266 valence electrons. The summed E-state index contributed by atoms with van der Waals surface area (Å²) in [6, 6.07) is 8.01. The SMILES string of the molecule is CC.CN1CCC(N)CC1.CON[C@H](C=O)C(F)(F)c1ccc(-c2ccc(Cl)s2)cc1.SC1C=CC2C=C(OC3CCCC3)C=CC2C1. The zero-order valence-corrected chi connectivity index (χ0v) is 31.0. The molecule has 6 nitrogen and oxygen atoms in total. The molecule has 2 aromatic rings. The summed E-state index contributed by atoms with van der Waals surface area (Å²) < 4.78 is 35.0. The molecule has 1 aromatic heterocycles. The minimum Gasteiger partial charge on any atom is -0.491 e. The number of rotatable bonds is 8. The van der Waals surface area contributed by atoms with Crippen molar-refractivity contribution >= 4 is 41.9 Å². The number of thiophene rings is 1. The number of hydrogen-bond donors (Lipinski definition) is 3. The molecular formula is C37H52ClF2N3O3S2. The van der Waals surface area contributed by atoms with Gasteiger partial charge in [0.15, 0.2) is 6.04 Å². The molecule has 1 saturated carbocycles. The minimum atomic E-state index is -3.37. The first-order chi connectivity index (χ1) is 23.1. The third-order valence-electron chi connectivity index (χ3n) is 8.70. The van der Waals surface area contributed by atoms with E-state index >= 15 is 0 Å². The Hall–Kier alpha value is -2.05. The van der Waals surface area contributed by atoms with E-state index in [4.69, 9.17) is 22.1 Å². The van der Waals surface area contributed by atoms with Gasteiger partial charge in [0.2, 0.25) is 0 Å². The monoisotopic (exact) mass is 723 g/mol. The van der Waals surface area contributed by atoms with Crippen molar-refractivity contribution in [3.63, 3.8) is 0 Å². The molecule has 0 radical (unpaired) electrons. The van der Waals surface area contributed by atoms with Gasteiger partial charge in [-0.05, 0) is 101 Å². The number of fused-ring (bicyclic) bond motifs is 1. The van der Waals surface area contributed by atoms with E-state index in [0.29, 0.717) is 33.6 Å². The number of carbonyl (C=O) groups is 1. The third-order valence-corrected chi connectivity index (χ3v) is 10.4. The van der Waals surface area contributed by atoms with Gasteiger partial charge in [-0.3, -0.25) is 0 Å². The molecule has 2 heterocycles. The Labute approximate surface area is 300 Å². The summed E-state index contributed by atoms with van der Waals surface area (Å²) in [6.45, 7) is 6.36. The highest BCUT2D eigenvalue weighted by atomic mass is 35.5. The third kappa shape index (κ3) is 12.4. The van der Waals surface area contributed by atoms with E-state index in [2.05, 4.69) is 59.8 Å². The number of ether oxygens (including phenoxy) is 1. The van der Waals surface area contributed by atoms with E-state index < -0.39 is 12.0 Å². The quantitative estimate of drug-likeness (QED) is 0.109. The molecule has 1 saturated heterocycles. The fourth-order valence-corrected chi connectivity index (χ4v) is 7.28. The minimum absolute atomic E-state index is 0.121. The lowest BCUT2D eigenvalue weighted by molar-refractivity contribution is -0.132. The van der Waals surface area contributed by atoms with Crippen molar-refractivity contribution in [2.24, 2.45) is 17.6 Å². The van der Waals surface area contributed by atoms with Crippen LogP contribution in [-0.2, 0) is 20.3 Å². The van der Waals surface area contributed by atoms with Crippen LogP contribution >= 0.6 is 35.6 Å². The number of hydroxylamine groups is 1. The van der Waals surface area contributed by atoms with Crippen molar-refractivity contribution in [3.8, 4) is 10.4 Å². The Morgan fingerprint density at radius 2 is 1.73 bits per heavy atom. The number of benzene rings is 1. The molecule has 2 fully saturated rings. The Morgan fingerprint density at radius 3 is 2.29 bits per heavy atom. The lowest BCUT2D eigenvalue weighted by atomic mass is 9.81. The maximum Gasteiger partial charge on any atom is 0.297 e. The van der Waals surface area contributed by atoms with Gasteiger partial charge in [-0.1, -0.05) is 67.9 Å². The van der Waals surface area contributed by atoms with Crippen molar-refractivity contribution in [3.05, 3.63) is 82.4 Å². The molecule has 48 heavy (non-hydrogen) atoms. The first kappa shape index (κ1) is 40.4. The molecule has 11 heteroatoms. The standard InChI is InChI=1S/C15H20OS.C14H12ClF2NO2S.C6H14N2.C2H6/c17-15-8-6-11-9-14(7-5-12(11)10-15)16-13-3-1-2-4-13;1-20-18-12(8-19)14(16,17)10-4-2-9(3-5-10)11-6-7-13(15)21-11;1-8-4-2-6(7)3-5-8;1-2/h5-9,11-13,15,17H,1-4,10H2;2-8,12,18H,1H3;6H,2-5,7H2,1H3;1-2H3/t;12-;;/m.1../s1. The lowest BCUT2D eigenvalue weighted by Crippen LogP contribution is -2.43. The average Bonchev–Trinajstić information content (AvgIpc) is 3.78. The Morgan fingerprint density at radius 1 is 1.06 bits per heavy atom. The molecule has 4 atom stereocenters. The number of nitrogens with one attached hydrogen (secondary N) is 1. The van der Waals surface area contributed by atoms with Gasteiger partial charge in [-0.2, -0.15) is 26.9 Å². The van der Waals surface area contributed by atoms with Gasteiger partial charge in [0.25, 0.3) is 5.92 Å². The first-order valence-corrected chi connectivity index (χ1v) is 18.6. The van der Waals surface area contributed by atoms with Crippen LogP contribution in [-0.4, -0.2) is 61.9 Å².